The molecule has 2 aromatic heterocycles. The first-order valence-corrected chi connectivity index (χ1v) is 8.74. The highest BCUT2D eigenvalue weighted by molar-refractivity contribution is 5.56. The Bertz CT molecular complexity index is 1050. The van der Waals surface area contributed by atoms with Crippen LogP contribution in [-0.2, 0) is 25.7 Å². The van der Waals surface area contributed by atoms with Gasteiger partial charge in [-0.2, -0.15) is 13.2 Å². The number of halogens is 3. The van der Waals surface area contributed by atoms with Crippen molar-refractivity contribution < 1.29 is 17.7 Å². The Morgan fingerprint density at radius 3 is 2.64 bits per heavy atom. The Labute approximate surface area is 158 Å². The van der Waals surface area contributed by atoms with E-state index in [4.69, 9.17) is 4.52 Å². The van der Waals surface area contributed by atoms with E-state index in [0.29, 0.717) is 42.9 Å². The van der Waals surface area contributed by atoms with E-state index in [1.54, 1.807) is 0 Å². The van der Waals surface area contributed by atoms with Crippen LogP contribution in [0, 0.1) is 6.92 Å². The third kappa shape index (κ3) is 3.70. The lowest BCUT2D eigenvalue weighted by molar-refractivity contribution is -0.137. The summed E-state index contributed by atoms with van der Waals surface area (Å²) in [6, 6.07) is 6.44. The number of aromatic amines is 1. The van der Waals surface area contributed by atoms with Gasteiger partial charge in [0, 0.05) is 36.8 Å². The number of aromatic nitrogens is 3. The van der Waals surface area contributed by atoms with Gasteiger partial charge in [-0.25, -0.2) is 4.98 Å². The summed E-state index contributed by atoms with van der Waals surface area (Å²) in [7, 11) is 0. The van der Waals surface area contributed by atoms with Gasteiger partial charge in [-0.05, 0) is 25.5 Å². The van der Waals surface area contributed by atoms with Crippen LogP contribution in [0.25, 0.3) is 11.4 Å². The Morgan fingerprint density at radius 1 is 1.25 bits per heavy atom. The van der Waals surface area contributed by atoms with Crippen LogP contribution < -0.4 is 5.56 Å². The first kappa shape index (κ1) is 18.4. The number of H-pyrrole nitrogens is 1. The molecule has 1 aromatic carbocycles. The number of hydrogen-bond acceptors (Lipinski definition) is 5. The molecule has 9 heteroatoms. The second kappa shape index (κ2) is 6.90. The van der Waals surface area contributed by atoms with Gasteiger partial charge in [0.2, 0.25) is 0 Å². The number of aryl methyl sites for hydroxylation is 1. The lowest BCUT2D eigenvalue weighted by Crippen LogP contribution is -2.35. The van der Waals surface area contributed by atoms with Gasteiger partial charge in [0.1, 0.15) is 11.6 Å². The molecule has 3 heterocycles. The average Bonchev–Trinajstić information content (AvgIpc) is 3.05. The predicted molar refractivity (Wildman–Crippen MR) is 94.4 cm³/mol. The van der Waals surface area contributed by atoms with E-state index in [-0.39, 0.29) is 11.4 Å². The molecule has 1 N–H and O–H groups in total. The van der Waals surface area contributed by atoms with Crippen LogP contribution in [0.15, 0.2) is 39.6 Å². The lowest BCUT2D eigenvalue weighted by atomic mass is 10.1. The topological polar surface area (TPSA) is 75.0 Å². The Hall–Kier alpha value is -2.94. The smallest absolute Gasteiger partial charge is 0.361 e. The van der Waals surface area contributed by atoms with Gasteiger partial charge in [-0.1, -0.05) is 17.3 Å². The van der Waals surface area contributed by atoms with Crippen molar-refractivity contribution in [3.8, 4) is 11.4 Å². The maximum atomic E-state index is 12.7. The number of benzene rings is 1. The van der Waals surface area contributed by atoms with Crippen molar-refractivity contribution in [2.24, 2.45) is 0 Å². The number of nitrogens with one attached hydrogen (secondary N) is 1. The first-order chi connectivity index (χ1) is 13.3. The number of alkyl halides is 3. The standard InChI is InChI=1S/C19H17F3N4O2/c1-11-8-14(25-28-11)9-26-7-6-15-16(10-26)23-17(24-18(15)27)12-2-4-13(5-3-12)19(20,21)22/h2-5,8H,6-7,9-10H2,1H3,(H,23,24,27). The van der Waals surface area contributed by atoms with Crippen LogP contribution in [-0.4, -0.2) is 26.6 Å². The summed E-state index contributed by atoms with van der Waals surface area (Å²) in [6.45, 7) is 3.53. The number of nitrogens with zero attached hydrogens (tertiary/aromatic N) is 3. The molecule has 0 aliphatic carbocycles. The highest BCUT2D eigenvalue weighted by atomic mass is 19.4. The normalized spacial score (nSPS) is 14.9. The van der Waals surface area contributed by atoms with Gasteiger partial charge in [-0.3, -0.25) is 9.69 Å². The quantitative estimate of drug-likeness (QED) is 0.743. The molecule has 0 saturated carbocycles. The van der Waals surface area contributed by atoms with E-state index in [1.165, 1.54) is 12.1 Å². The molecular formula is C19H17F3N4O2. The largest absolute Gasteiger partial charge is 0.416 e. The molecule has 3 aromatic rings. The summed E-state index contributed by atoms with van der Waals surface area (Å²) < 4.78 is 43.3. The van der Waals surface area contributed by atoms with E-state index < -0.39 is 11.7 Å². The van der Waals surface area contributed by atoms with E-state index in [9.17, 15) is 18.0 Å². The molecule has 28 heavy (non-hydrogen) atoms. The average molecular weight is 390 g/mol. The second-order valence-corrected chi connectivity index (χ2v) is 6.80. The molecule has 4 rings (SSSR count). The van der Waals surface area contributed by atoms with Crippen LogP contribution in [0.3, 0.4) is 0 Å². The van der Waals surface area contributed by atoms with Crippen LogP contribution in [0.4, 0.5) is 13.2 Å². The van der Waals surface area contributed by atoms with E-state index in [1.807, 2.05) is 13.0 Å². The molecule has 1 aliphatic heterocycles. The summed E-state index contributed by atoms with van der Waals surface area (Å²) in [5, 5.41) is 3.98. The number of fused-ring (bicyclic) bond motifs is 1. The third-order valence-corrected chi connectivity index (χ3v) is 4.70. The van der Waals surface area contributed by atoms with Crippen molar-refractivity contribution in [3.05, 3.63) is 69.0 Å². The number of rotatable bonds is 3. The molecule has 1 aliphatic rings. The summed E-state index contributed by atoms with van der Waals surface area (Å²) in [5.41, 5.74) is 1.47. The number of hydrogen-bond donors (Lipinski definition) is 1. The zero-order chi connectivity index (χ0) is 19.9. The first-order valence-electron chi connectivity index (χ1n) is 8.74. The monoisotopic (exact) mass is 390 g/mol. The van der Waals surface area contributed by atoms with Gasteiger partial charge in [-0.15, -0.1) is 0 Å². The van der Waals surface area contributed by atoms with Crippen LogP contribution in [0.2, 0.25) is 0 Å². The van der Waals surface area contributed by atoms with Crippen molar-refractivity contribution in [2.45, 2.75) is 32.6 Å². The summed E-state index contributed by atoms with van der Waals surface area (Å²) >= 11 is 0. The van der Waals surface area contributed by atoms with Crippen LogP contribution >= 0.6 is 0 Å². The molecule has 0 amide bonds. The zero-order valence-electron chi connectivity index (χ0n) is 15.0. The van der Waals surface area contributed by atoms with Crippen LogP contribution in [0.1, 0.15) is 28.3 Å². The molecule has 0 spiro atoms. The van der Waals surface area contributed by atoms with Crippen molar-refractivity contribution in [1.29, 1.82) is 0 Å². The maximum Gasteiger partial charge on any atom is 0.416 e. The molecule has 0 unspecified atom stereocenters. The van der Waals surface area contributed by atoms with Crippen molar-refractivity contribution in [2.75, 3.05) is 6.54 Å². The minimum Gasteiger partial charge on any atom is -0.361 e. The zero-order valence-corrected chi connectivity index (χ0v) is 15.0. The molecule has 6 nitrogen and oxygen atoms in total. The molecular weight excluding hydrogens is 373 g/mol. The summed E-state index contributed by atoms with van der Waals surface area (Å²) in [5.74, 6) is 0.989. The Kier molecular flexibility index (Phi) is 4.54. The lowest BCUT2D eigenvalue weighted by Gasteiger charge is -2.26. The highest BCUT2D eigenvalue weighted by Gasteiger charge is 2.30. The van der Waals surface area contributed by atoms with E-state index in [2.05, 4.69) is 20.0 Å². The van der Waals surface area contributed by atoms with E-state index in [0.717, 1.165) is 23.6 Å². The fourth-order valence-electron chi connectivity index (χ4n) is 3.30. The fourth-order valence-corrected chi connectivity index (χ4v) is 3.30. The summed E-state index contributed by atoms with van der Waals surface area (Å²) in [4.78, 5) is 21.7. The minimum atomic E-state index is -4.41. The molecule has 0 saturated heterocycles. The van der Waals surface area contributed by atoms with Crippen LogP contribution in [0.5, 0.6) is 0 Å². The molecule has 146 valence electrons. The van der Waals surface area contributed by atoms with Gasteiger partial charge >= 0.3 is 6.18 Å². The third-order valence-electron chi connectivity index (χ3n) is 4.70. The SMILES string of the molecule is Cc1cc(CN2CCc3c(nc(-c4ccc(C(F)(F)F)cc4)[nH]c3=O)C2)no1. The van der Waals surface area contributed by atoms with Gasteiger partial charge < -0.3 is 9.51 Å². The van der Waals surface area contributed by atoms with Gasteiger partial charge in [0.05, 0.1) is 17.0 Å². The van der Waals surface area contributed by atoms with E-state index >= 15 is 0 Å². The van der Waals surface area contributed by atoms with Crippen molar-refractivity contribution in [3.63, 3.8) is 0 Å². The predicted octanol–water partition coefficient (Wildman–Crippen LogP) is 3.31. The molecule has 0 atom stereocenters. The summed E-state index contributed by atoms with van der Waals surface area (Å²) in [6.07, 6.45) is -3.86. The second-order valence-electron chi connectivity index (χ2n) is 6.80. The van der Waals surface area contributed by atoms with Crippen molar-refractivity contribution in [1.82, 2.24) is 20.0 Å². The Morgan fingerprint density at radius 2 is 2.00 bits per heavy atom. The van der Waals surface area contributed by atoms with Crippen molar-refractivity contribution >= 4 is 0 Å². The minimum absolute atomic E-state index is 0.253. The highest BCUT2D eigenvalue weighted by Crippen LogP contribution is 2.30. The maximum absolute atomic E-state index is 12.7. The van der Waals surface area contributed by atoms with Gasteiger partial charge in [0.25, 0.3) is 5.56 Å². The van der Waals surface area contributed by atoms with Gasteiger partial charge in [0.15, 0.2) is 0 Å². The molecule has 0 bridgehead atoms. The molecule has 0 radical (unpaired) electrons. The molecule has 0 fully saturated rings. The Balaban J connectivity index is 1.60. The fraction of sp³-hybridized carbons (Fsp3) is 0.316.